The van der Waals surface area contributed by atoms with Crippen LogP contribution in [0.3, 0.4) is 0 Å². The van der Waals surface area contributed by atoms with Gasteiger partial charge in [-0.05, 0) is 20.3 Å². The number of hydrogen-bond donors (Lipinski definition) is 1. The first-order chi connectivity index (χ1) is 10.7. The zero-order valence-electron chi connectivity index (χ0n) is 13.4. The Balaban J connectivity index is 3.94. The molecule has 0 heterocycles. The van der Waals surface area contributed by atoms with Crippen LogP contribution in [0.25, 0.3) is 0 Å². The summed E-state index contributed by atoms with van der Waals surface area (Å²) in [7, 11) is 0. The van der Waals surface area contributed by atoms with Crippen molar-refractivity contribution in [3.8, 4) is 0 Å². The summed E-state index contributed by atoms with van der Waals surface area (Å²) < 4.78 is 14.6. The van der Waals surface area contributed by atoms with Gasteiger partial charge < -0.3 is 19.3 Å². The van der Waals surface area contributed by atoms with E-state index >= 15 is 0 Å². The molecule has 0 aliphatic heterocycles. The van der Waals surface area contributed by atoms with Crippen LogP contribution in [-0.4, -0.2) is 47.8 Å². The van der Waals surface area contributed by atoms with Gasteiger partial charge in [-0.25, -0.2) is 9.59 Å². The van der Waals surface area contributed by atoms with Crippen molar-refractivity contribution in [2.75, 3.05) is 6.61 Å². The van der Waals surface area contributed by atoms with Crippen molar-refractivity contribution in [1.29, 1.82) is 0 Å². The molecular weight excluding hydrogens is 308 g/mol. The van der Waals surface area contributed by atoms with Crippen LogP contribution in [0.1, 0.15) is 40.0 Å². The number of ether oxygens (including phenoxy) is 3. The third kappa shape index (κ3) is 11.9. The molecule has 2 unspecified atom stereocenters. The highest BCUT2D eigenvalue weighted by Gasteiger charge is 2.14. The zero-order chi connectivity index (χ0) is 17.8. The molecule has 0 aliphatic carbocycles. The van der Waals surface area contributed by atoms with Crippen molar-refractivity contribution in [1.82, 2.24) is 0 Å². The number of carboxylic acids is 1. The summed E-state index contributed by atoms with van der Waals surface area (Å²) >= 11 is 0. The average Bonchev–Trinajstić information content (AvgIpc) is 2.48. The molecule has 0 bridgehead atoms. The van der Waals surface area contributed by atoms with Crippen molar-refractivity contribution in [2.45, 2.75) is 52.2 Å². The molecule has 23 heavy (non-hydrogen) atoms. The molecular formula is C15H22O8. The van der Waals surface area contributed by atoms with Crippen molar-refractivity contribution >= 4 is 23.9 Å². The number of carboxylic acid groups (broad SMARTS) is 1. The smallest absolute Gasteiger partial charge is 0.331 e. The van der Waals surface area contributed by atoms with Gasteiger partial charge in [-0.1, -0.05) is 6.92 Å². The number of aliphatic carboxylic acids is 1. The molecule has 0 saturated heterocycles. The van der Waals surface area contributed by atoms with Gasteiger partial charge in [-0.15, -0.1) is 0 Å². The van der Waals surface area contributed by atoms with Gasteiger partial charge in [0.05, 0.1) is 18.9 Å². The van der Waals surface area contributed by atoms with E-state index in [4.69, 9.17) is 19.3 Å². The second-order valence-electron chi connectivity index (χ2n) is 4.81. The van der Waals surface area contributed by atoms with E-state index in [1.165, 1.54) is 6.92 Å². The monoisotopic (exact) mass is 330 g/mol. The number of esters is 3. The Morgan fingerprint density at radius 2 is 1.57 bits per heavy atom. The second kappa shape index (κ2) is 11.2. The minimum Gasteiger partial charge on any atom is -0.478 e. The number of carbonyl (C=O) groups excluding carboxylic acids is 3. The average molecular weight is 330 g/mol. The molecule has 0 saturated carbocycles. The summed E-state index contributed by atoms with van der Waals surface area (Å²) in [5.74, 6) is -3.22. The fourth-order valence-corrected chi connectivity index (χ4v) is 1.26. The molecule has 8 nitrogen and oxygen atoms in total. The van der Waals surface area contributed by atoms with Gasteiger partial charge in [0.2, 0.25) is 0 Å². The maximum Gasteiger partial charge on any atom is 0.331 e. The number of carbonyl (C=O) groups is 4. The fraction of sp³-hybridized carbons (Fsp3) is 0.600. The third-order valence-electron chi connectivity index (χ3n) is 2.60. The molecule has 1 N–H and O–H groups in total. The van der Waals surface area contributed by atoms with Gasteiger partial charge in [0.25, 0.3) is 0 Å². The lowest BCUT2D eigenvalue weighted by atomic mass is 10.3. The van der Waals surface area contributed by atoms with Gasteiger partial charge in [0, 0.05) is 12.2 Å². The van der Waals surface area contributed by atoms with Crippen LogP contribution in [-0.2, 0) is 33.4 Å². The molecule has 0 aromatic heterocycles. The van der Waals surface area contributed by atoms with E-state index in [0.717, 1.165) is 6.08 Å². The first-order valence-electron chi connectivity index (χ1n) is 7.21. The molecule has 0 radical (unpaired) electrons. The Labute approximate surface area is 134 Å². The van der Waals surface area contributed by atoms with Crippen LogP contribution in [0.2, 0.25) is 0 Å². The lowest BCUT2D eigenvalue weighted by molar-refractivity contribution is -0.157. The molecule has 0 aliphatic rings. The topological polar surface area (TPSA) is 116 Å². The lowest BCUT2D eigenvalue weighted by Crippen LogP contribution is -2.22. The Hall–Kier alpha value is -2.38. The SMILES string of the molecule is CCC(C)OC(=O)CCC(=O)OCC(C)OC(=O)/C=C\C(=O)O. The van der Waals surface area contributed by atoms with E-state index in [2.05, 4.69) is 0 Å². The van der Waals surface area contributed by atoms with E-state index < -0.39 is 30.0 Å². The van der Waals surface area contributed by atoms with E-state index in [1.807, 2.05) is 6.92 Å². The molecule has 8 heteroatoms. The highest BCUT2D eigenvalue weighted by molar-refractivity contribution is 5.90. The van der Waals surface area contributed by atoms with E-state index in [9.17, 15) is 19.2 Å². The molecule has 0 fully saturated rings. The summed E-state index contributed by atoms with van der Waals surface area (Å²) in [4.78, 5) is 44.2. The van der Waals surface area contributed by atoms with Gasteiger partial charge in [-0.3, -0.25) is 9.59 Å². The largest absolute Gasteiger partial charge is 0.478 e. The number of hydrogen-bond acceptors (Lipinski definition) is 7. The minimum absolute atomic E-state index is 0.0846. The highest BCUT2D eigenvalue weighted by Crippen LogP contribution is 2.03. The maximum absolute atomic E-state index is 11.4. The Morgan fingerprint density at radius 3 is 2.13 bits per heavy atom. The van der Waals surface area contributed by atoms with Crippen LogP contribution in [0.15, 0.2) is 12.2 Å². The van der Waals surface area contributed by atoms with E-state index in [-0.39, 0.29) is 25.6 Å². The third-order valence-corrected chi connectivity index (χ3v) is 2.60. The maximum atomic E-state index is 11.4. The van der Waals surface area contributed by atoms with Gasteiger partial charge in [0.1, 0.15) is 12.7 Å². The Bertz CT molecular complexity index is 454. The highest BCUT2D eigenvalue weighted by atomic mass is 16.6. The second-order valence-corrected chi connectivity index (χ2v) is 4.81. The first kappa shape index (κ1) is 20.6. The minimum atomic E-state index is -1.27. The summed E-state index contributed by atoms with van der Waals surface area (Å²) in [5, 5.41) is 8.35. The van der Waals surface area contributed by atoms with Crippen molar-refractivity contribution in [3.05, 3.63) is 12.2 Å². The fourth-order valence-electron chi connectivity index (χ4n) is 1.26. The summed E-state index contributed by atoms with van der Waals surface area (Å²) in [6, 6.07) is 0. The Kier molecular flexibility index (Phi) is 10.1. The van der Waals surface area contributed by atoms with Gasteiger partial charge >= 0.3 is 23.9 Å². The van der Waals surface area contributed by atoms with Crippen LogP contribution < -0.4 is 0 Å². The zero-order valence-corrected chi connectivity index (χ0v) is 13.4. The summed E-state index contributed by atoms with van der Waals surface area (Å²) in [6.07, 6.45) is 0.937. The molecule has 0 amide bonds. The van der Waals surface area contributed by atoms with Crippen LogP contribution in [0.4, 0.5) is 0 Å². The van der Waals surface area contributed by atoms with Crippen LogP contribution in [0, 0.1) is 0 Å². The van der Waals surface area contributed by atoms with Gasteiger partial charge in [0.15, 0.2) is 0 Å². The molecule has 0 spiro atoms. The molecule has 130 valence electrons. The van der Waals surface area contributed by atoms with E-state index in [1.54, 1.807) is 6.92 Å². The summed E-state index contributed by atoms with van der Waals surface area (Å²) in [5.41, 5.74) is 0. The molecule has 0 rings (SSSR count). The Morgan fingerprint density at radius 1 is 0.957 bits per heavy atom. The summed E-state index contributed by atoms with van der Waals surface area (Å²) in [6.45, 7) is 4.93. The van der Waals surface area contributed by atoms with Crippen LogP contribution in [0.5, 0.6) is 0 Å². The molecule has 0 aromatic carbocycles. The molecule has 2 atom stereocenters. The predicted octanol–water partition coefficient (Wildman–Crippen LogP) is 1.22. The van der Waals surface area contributed by atoms with Crippen molar-refractivity contribution in [3.63, 3.8) is 0 Å². The molecule has 0 aromatic rings. The first-order valence-corrected chi connectivity index (χ1v) is 7.21. The lowest BCUT2D eigenvalue weighted by Gasteiger charge is -2.13. The van der Waals surface area contributed by atoms with Gasteiger partial charge in [-0.2, -0.15) is 0 Å². The van der Waals surface area contributed by atoms with Crippen molar-refractivity contribution in [2.24, 2.45) is 0 Å². The quantitative estimate of drug-likeness (QED) is 0.361. The van der Waals surface area contributed by atoms with Crippen LogP contribution >= 0.6 is 0 Å². The van der Waals surface area contributed by atoms with Crippen molar-refractivity contribution < 1.29 is 38.5 Å². The van der Waals surface area contributed by atoms with E-state index in [0.29, 0.717) is 12.5 Å². The standard InChI is InChI=1S/C15H22O8/c1-4-10(2)22-15(20)8-7-13(18)21-9-11(3)23-14(19)6-5-12(16)17/h5-6,10-11H,4,7-9H2,1-3H3,(H,16,17)/b6-5-. The normalized spacial score (nSPS) is 13.2. The number of rotatable bonds is 10. The predicted molar refractivity (Wildman–Crippen MR) is 78.4 cm³/mol.